The third-order valence-electron chi connectivity index (χ3n) is 14.2. The standard InChI is InChI=1S/C50H64N10O6S.C2H6/c1-30(2)46(50(63)60-27-37(61)23-41(60)49(62)53-31(3)35-11-13-36(14-12-35)47-33(5)51-29-67-47)44-25-45(56-66-44)65-22-21-57-17-15-34(16-18-57)26-58-19-20-59-40-24-39(38-9-7-8-10-43(38)64-6)54-55-48(40)52-32(4)42(59)28-58;1-2/h7-14,24-25,29-32,34,37,41-42,46,61H,15-23,26-28H2,1-6H3,(H,52,55)(H,53,62);1-2H3. The van der Waals surface area contributed by atoms with Crippen LogP contribution >= 0.6 is 11.3 Å². The first-order chi connectivity index (χ1) is 33.4. The van der Waals surface area contributed by atoms with Gasteiger partial charge in [0.25, 0.3) is 5.88 Å². The Labute approximate surface area is 410 Å². The molecule has 0 saturated carbocycles. The molecule has 16 nitrogen and oxygen atoms in total. The lowest BCUT2D eigenvalue weighted by atomic mass is 9.91. The summed E-state index contributed by atoms with van der Waals surface area (Å²) >= 11 is 1.60. The Bertz CT molecular complexity index is 2490. The van der Waals surface area contributed by atoms with E-state index < -0.39 is 18.1 Å². The van der Waals surface area contributed by atoms with Gasteiger partial charge in [-0.25, -0.2) is 4.98 Å². The number of hydrogen-bond donors (Lipinski definition) is 3. The summed E-state index contributed by atoms with van der Waals surface area (Å²) < 4.78 is 17.5. The average molecular weight is 963 g/mol. The molecular weight excluding hydrogens is 893 g/mol. The fourth-order valence-corrected chi connectivity index (χ4v) is 11.2. The molecule has 3 N–H and O–H groups in total. The van der Waals surface area contributed by atoms with Gasteiger partial charge in [0.1, 0.15) is 24.3 Å². The molecule has 5 aromatic rings. The van der Waals surface area contributed by atoms with E-state index >= 15 is 0 Å². The molecule has 2 amide bonds. The maximum absolute atomic E-state index is 14.2. The van der Waals surface area contributed by atoms with Crippen LogP contribution in [0.1, 0.15) is 89.8 Å². The Kier molecular flexibility index (Phi) is 16.2. The van der Waals surface area contributed by atoms with Crippen molar-refractivity contribution in [2.75, 3.05) is 76.3 Å². The molecule has 3 saturated heterocycles. The zero-order valence-corrected chi connectivity index (χ0v) is 42.2. The van der Waals surface area contributed by atoms with E-state index in [4.69, 9.17) is 14.0 Å². The molecule has 6 atom stereocenters. The largest absolute Gasteiger partial charge is 0.496 e. The van der Waals surface area contributed by atoms with E-state index in [-0.39, 0.29) is 42.8 Å². The number of likely N-dealkylation sites (tertiary alicyclic amines) is 2. The minimum Gasteiger partial charge on any atom is -0.496 e. The molecule has 4 aliphatic heterocycles. The Morgan fingerprint density at radius 1 is 0.986 bits per heavy atom. The summed E-state index contributed by atoms with van der Waals surface area (Å²) in [5, 5.41) is 30.8. The molecule has 0 bridgehead atoms. The number of thiazole rings is 1. The van der Waals surface area contributed by atoms with Crippen LogP contribution in [0.4, 0.5) is 11.5 Å². The number of aliphatic hydroxyl groups is 1. The van der Waals surface area contributed by atoms with Crippen molar-refractivity contribution in [3.8, 4) is 33.3 Å². The first-order valence-corrected chi connectivity index (χ1v) is 25.7. The highest BCUT2D eigenvalue weighted by atomic mass is 32.1. The Morgan fingerprint density at radius 2 is 1.75 bits per heavy atom. The lowest BCUT2D eigenvalue weighted by molar-refractivity contribution is -0.141. The number of para-hydroxylation sites is 1. The van der Waals surface area contributed by atoms with Gasteiger partial charge in [0.05, 0.1) is 52.8 Å². The number of β-amino-alcohol motifs (C(OH)–C–C–N with tert-alkyl or cyclic N) is 1. The Balaban J connectivity index is 0.00000317. The number of aliphatic hydroxyl groups excluding tert-OH is 1. The summed E-state index contributed by atoms with van der Waals surface area (Å²) in [6, 6.07) is 19.3. The van der Waals surface area contributed by atoms with Crippen LogP contribution < -0.4 is 25.0 Å². The number of rotatable bonds is 15. The summed E-state index contributed by atoms with van der Waals surface area (Å²) in [4.78, 5) is 42.6. The van der Waals surface area contributed by atoms with Gasteiger partial charge in [0.2, 0.25) is 11.8 Å². The van der Waals surface area contributed by atoms with Crippen molar-refractivity contribution in [1.29, 1.82) is 0 Å². The fraction of sp³-hybridized carbons (Fsp3) is 0.538. The number of nitrogens with one attached hydrogen (secondary N) is 2. The lowest BCUT2D eigenvalue weighted by Gasteiger charge is -2.49. The second-order valence-electron chi connectivity index (χ2n) is 19.1. The van der Waals surface area contributed by atoms with Crippen molar-refractivity contribution in [2.45, 2.75) is 104 Å². The molecule has 0 radical (unpaired) electrons. The summed E-state index contributed by atoms with van der Waals surface area (Å²) in [5.74, 6) is 1.54. The fourth-order valence-electron chi connectivity index (χ4n) is 10.4. The van der Waals surface area contributed by atoms with Crippen LogP contribution in [-0.4, -0.2) is 142 Å². The number of amides is 2. The zero-order valence-electron chi connectivity index (χ0n) is 41.4. The maximum atomic E-state index is 14.2. The number of piperidine rings is 1. The molecule has 0 aliphatic carbocycles. The highest BCUT2D eigenvalue weighted by Gasteiger charge is 2.44. The monoisotopic (exact) mass is 963 g/mol. The predicted molar refractivity (Wildman–Crippen MR) is 270 cm³/mol. The van der Waals surface area contributed by atoms with Crippen LogP contribution in [0.15, 0.2) is 70.7 Å². The third kappa shape index (κ3) is 11.2. The smallest absolute Gasteiger partial charge is 0.254 e. The van der Waals surface area contributed by atoms with E-state index in [1.807, 2.05) is 95.6 Å². The minimum absolute atomic E-state index is 0.0668. The highest BCUT2D eigenvalue weighted by Crippen LogP contribution is 2.39. The molecule has 3 fully saturated rings. The molecule has 3 aromatic heterocycles. The molecule has 6 unspecified atom stereocenters. The van der Waals surface area contributed by atoms with Crippen molar-refractivity contribution >= 4 is 34.7 Å². The number of carbonyl (C=O) groups is 2. The lowest BCUT2D eigenvalue weighted by Crippen LogP contribution is -2.61. The second kappa shape index (κ2) is 22.4. The third-order valence-corrected chi connectivity index (χ3v) is 15.2. The Hall–Kier alpha value is -5.62. The molecule has 2 aromatic carbocycles. The molecule has 17 heteroatoms. The normalized spacial score (nSPS) is 21.7. The number of aryl methyl sites for hydroxylation is 1. The van der Waals surface area contributed by atoms with Gasteiger partial charge >= 0.3 is 0 Å². The van der Waals surface area contributed by atoms with E-state index in [2.05, 4.69) is 58.7 Å². The molecule has 9 rings (SSSR count). The number of aromatic nitrogens is 4. The van der Waals surface area contributed by atoms with Crippen molar-refractivity contribution in [2.24, 2.45) is 11.8 Å². The highest BCUT2D eigenvalue weighted by molar-refractivity contribution is 7.13. The van der Waals surface area contributed by atoms with Crippen molar-refractivity contribution in [3.63, 3.8) is 0 Å². The van der Waals surface area contributed by atoms with Gasteiger partial charge in [0.15, 0.2) is 11.6 Å². The summed E-state index contributed by atoms with van der Waals surface area (Å²) in [6.07, 6.45) is 1.62. The van der Waals surface area contributed by atoms with Crippen molar-refractivity contribution in [1.82, 2.24) is 40.4 Å². The van der Waals surface area contributed by atoms with Gasteiger partial charge in [-0.3, -0.25) is 19.4 Å². The van der Waals surface area contributed by atoms with Gasteiger partial charge in [-0.15, -0.1) is 21.5 Å². The van der Waals surface area contributed by atoms with Crippen LogP contribution in [0.3, 0.4) is 0 Å². The number of fused-ring (bicyclic) bond motifs is 3. The van der Waals surface area contributed by atoms with E-state index in [0.29, 0.717) is 30.2 Å². The molecule has 0 spiro atoms. The van der Waals surface area contributed by atoms with Crippen LogP contribution in [0.2, 0.25) is 0 Å². The van der Waals surface area contributed by atoms with Gasteiger partial charge in [-0.2, -0.15) is 0 Å². The van der Waals surface area contributed by atoms with Crippen LogP contribution in [0, 0.1) is 18.8 Å². The second-order valence-corrected chi connectivity index (χ2v) is 19.9. The number of hydrogen-bond acceptors (Lipinski definition) is 15. The SMILES string of the molecule is CC.COc1ccccc1-c1cc2c(nn1)NC(C)C1CN(CC3CCN(CCOc4cc(C(C(=O)N5CC(O)CC5C(=O)NC(C)c5ccc(-c6scnc6C)cc5)C(C)C)on4)CC3)CCN21. The average Bonchev–Trinajstić information content (AvgIpc) is 4.12. The number of ether oxygens (including phenoxy) is 2. The number of piperazine rings is 1. The van der Waals surface area contributed by atoms with Crippen LogP contribution in [-0.2, 0) is 9.59 Å². The molecular formula is C52H70N10O6S. The van der Waals surface area contributed by atoms with E-state index in [1.54, 1.807) is 24.5 Å². The first kappa shape index (κ1) is 49.8. The summed E-state index contributed by atoms with van der Waals surface area (Å²) in [6.45, 7) is 21.4. The maximum Gasteiger partial charge on any atom is 0.254 e. The molecule has 4 aliphatic rings. The number of carbonyl (C=O) groups excluding carboxylic acids is 2. The molecule has 7 heterocycles. The quantitative estimate of drug-likeness (QED) is 0.0956. The molecule has 370 valence electrons. The summed E-state index contributed by atoms with van der Waals surface area (Å²) in [7, 11) is 1.69. The van der Waals surface area contributed by atoms with Gasteiger partial charge < -0.3 is 39.5 Å². The van der Waals surface area contributed by atoms with E-state index in [1.165, 1.54) is 4.90 Å². The van der Waals surface area contributed by atoms with Gasteiger partial charge in [-0.1, -0.05) is 64.1 Å². The van der Waals surface area contributed by atoms with Gasteiger partial charge in [0, 0.05) is 63.4 Å². The number of anilines is 2. The number of benzene rings is 2. The van der Waals surface area contributed by atoms with Crippen molar-refractivity contribution < 1.29 is 28.7 Å². The summed E-state index contributed by atoms with van der Waals surface area (Å²) in [5.41, 5.74) is 7.70. The zero-order chi connectivity index (χ0) is 48.8. The predicted octanol–water partition coefficient (Wildman–Crippen LogP) is 7.27. The minimum atomic E-state index is -0.815. The first-order valence-electron chi connectivity index (χ1n) is 24.8. The number of methoxy groups -OCH3 is 1. The topological polar surface area (TPSA) is 175 Å². The van der Waals surface area contributed by atoms with Crippen LogP contribution in [0.5, 0.6) is 11.6 Å². The van der Waals surface area contributed by atoms with Gasteiger partial charge in [-0.05, 0) is 93.0 Å². The Morgan fingerprint density at radius 3 is 2.48 bits per heavy atom. The van der Waals surface area contributed by atoms with Crippen LogP contribution in [0.25, 0.3) is 21.7 Å². The molecule has 69 heavy (non-hydrogen) atoms. The van der Waals surface area contributed by atoms with E-state index in [9.17, 15) is 14.7 Å². The number of nitrogens with zero attached hydrogens (tertiary/aromatic N) is 8. The van der Waals surface area contributed by atoms with Crippen molar-refractivity contribution in [3.05, 3.63) is 83.2 Å². The van der Waals surface area contributed by atoms with E-state index in [0.717, 1.165) is 109 Å².